The number of carbonyl (C=O) groups is 2. The van der Waals surface area contributed by atoms with Crippen LogP contribution in [0, 0.1) is 12.8 Å². The monoisotopic (exact) mass is 280 g/mol. The van der Waals surface area contributed by atoms with Gasteiger partial charge in [0.05, 0.1) is 13.2 Å². The number of rotatable bonds is 12. The van der Waals surface area contributed by atoms with E-state index in [1.54, 1.807) is 0 Å². The fourth-order valence-corrected chi connectivity index (χ4v) is 1.64. The fourth-order valence-electron chi connectivity index (χ4n) is 1.64. The summed E-state index contributed by atoms with van der Waals surface area (Å²) in [5.41, 5.74) is 0. The molecule has 0 aliphatic rings. The fraction of sp³-hybridized carbons (Fsp3) is 0.500. The van der Waals surface area contributed by atoms with Gasteiger partial charge in [-0.3, -0.25) is 0 Å². The zero-order valence-corrected chi connectivity index (χ0v) is 12.1. The standard InChI is InChI=1S/C16H24O4/c1-4-7-8-9-14(10-12-19-15(17)5-2)11-13-20-16(18)6-3/h5-6H,1-4,7-13H2. The summed E-state index contributed by atoms with van der Waals surface area (Å²) in [7, 11) is 0. The van der Waals surface area contributed by atoms with Gasteiger partial charge in [-0.15, -0.1) is 0 Å². The van der Waals surface area contributed by atoms with Crippen LogP contribution in [0.1, 0.15) is 38.5 Å². The summed E-state index contributed by atoms with van der Waals surface area (Å²) in [5, 5.41) is 0. The Morgan fingerprint density at radius 3 is 1.75 bits per heavy atom. The highest BCUT2D eigenvalue weighted by atomic mass is 16.5. The highest BCUT2D eigenvalue weighted by Gasteiger charge is 2.11. The highest BCUT2D eigenvalue weighted by molar-refractivity contribution is 5.81. The first-order valence-electron chi connectivity index (χ1n) is 6.85. The molecule has 0 bridgehead atoms. The summed E-state index contributed by atoms with van der Waals surface area (Å²) in [6.45, 7) is 11.2. The minimum atomic E-state index is -0.416. The molecule has 2 radical (unpaired) electrons. The van der Waals surface area contributed by atoms with E-state index in [9.17, 15) is 9.59 Å². The summed E-state index contributed by atoms with van der Waals surface area (Å²) in [6.07, 6.45) is 7.61. The molecule has 20 heavy (non-hydrogen) atoms. The summed E-state index contributed by atoms with van der Waals surface area (Å²) < 4.78 is 9.92. The van der Waals surface area contributed by atoms with Gasteiger partial charge in [0.25, 0.3) is 0 Å². The van der Waals surface area contributed by atoms with Gasteiger partial charge in [-0.25, -0.2) is 9.59 Å². The number of carbonyl (C=O) groups excluding carboxylic acids is 2. The van der Waals surface area contributed by atoms with Gasteiger partial charge in [0.1, 0.15) is 0 Å². The molecule has 0 N–H and O–H groups in total. The van der Waals surface area contributed by atoms with Crippen LogP contribution in [-0.4, -0.2) is 25.2 Å². The third-order valence-electron chi connectivity index (χ3n) is 2.76. The molecule has 0 unspecified atom stereocenters. The lowest BCUT2D eigenvalue weighted by Gasteiger charge is -2.15. The van der Waals surface area contributed by atoms with Crippen molar-refractivity contribution in [3.63, 3.8) is 0 Å². The topological polar surface area (TPSA) is 52.6 Å². The van der Waals surface area contributed by atoms with Crippen molar-refractivity contribution in [2.45, 2.75) is 38.5 Å². The smallest absolute Gasteiger partial charge is 0.330 e. The van der Waals surface area contributed by atoms with Crippen molar-refractivity contribution in [1.29, 1.82) is 0 Å². The third-order valence-corrected chi connectivity index (χ3v) is 2.76. The molecular weight excluding hydrogens is 256 g/mol. The van der Waals surface area contributed by atoms with Crippen molar-refractivity contribution in [3.8, 4) is 0 Å². The average Bonchev–Trinajstić information content (AvgIpc) is 2.46. The molecule has 0 amide bonds. The second-order valence-electron chi connectivity index (χ2n) is 4.30. The number of hydrogen-bond acceptors (Lipinski definition) is 4. The van der Waals surface area contributed by atoms with E-state index in [1.807, 2.05) is 0 Å². The average molecular weight is 280 g/mol. The van der Waals surface area contributed by atoms with Crippen LogP contribution in [-0.2, 0) is 19.1 Å². The van der Waals surface area contributed by atoms with E-state index in [1.165, 1.54) is 5.92 Å². The van der Waals surface area contributed by atoms with Crippen molar-refractivity contribution in [3.05, 3.63) is 38.2 Å². The van der Waals surface area contributed by atoms with Gasteiger partial charge < -0.3 is 9.47 Å². The van der Waals surface area contributed by atoms with Gasteiger partial charge in [0, 0.05) is 12.2 Å². The van der Waals surface area contributed by atoms with Crippen LogP contribution in [0.2, 0.25) is 0 Å². The predicted octanol–water partition coefficient (Wildman–Crippen LogP) is 3.19. The molecule has 0 saturated heterocycles. The minimum absolute atomic E-state index is 0.333. The maximum atomic E-state index is 11.0. The van der Waals surface area contributed by atoms with Gasteiger partial charge in [-0.2, -0.15) is 0 Å². The lowest BCUT2D eigenvalue weighted by Crippen LogP contribution is -2.11. The molecule has 0 aliphatic carbocycles. The number of unbranched alkanes of at least 4 members (excludes halogenated alkanes) is 2. The van der Waals surface area contributed by atoms with Gasteiger partial charge in [0.2, 0.25) is 0 Å². The summed E-state index contributed by atoms with van der Waals surface area (Å²) >= 11 is 0. The minimum Gasteiger partial charge on any atom is -0.463 e. The zero-order chi connectivity index (χ0) is 15.2. The normalized spacial score (nSPS) is 10.1. The summed E-state index contributed by atoms with van der Waals surface area (Å²) in [6, 6.07) is 0. The van der Waals surface area contributed by atoms with Crippen LogP contribution in [0.15, 0.2) is 25.3 Å². The lowest BCUT2D eigenvalue weighted by molar-refractivity contribution is -0.138. The number of hydrogen-bond donors (Lipinski definition) is 0. The molecule has 4 nitrogen and oxygen atoms in total. The van der Waals surface area contributed by atoms with Crippen molar-refractivity contribution in [2.24, 2.45) is 0 Å². The molecule has 0 fully saturated rings. The highest BCUT2D eigenvalue weighted by Crippen LogP contribution is 2.20. The van der Waals surface area contributed by atoms with Gasteiger partial charge in [0.15, 0.2) is 0 Å². The quantitative estimate of drug-likeness (QED) is 0.313. The van der Waals surface area contributed by atoms with E-state index >= 15 is 0 Å². The van der Waals surface area contributed by atoms with Crippen LogP contribution in [0.4, 0.5) is 0 Å². The first kappa shape index (κ1) is 18.4. The van der Waals surface area contributed by atoms with Crippen molar-refractivity contribution < 1.29 is 19.1 Å². The van der Waals surface area contributed by atoms with E-state index < -0.39 is 11.9 Å². The molecule has 0 aliphatic heterocycles. The Bertz CT molecular complexity index is 284. The summed E-state index contributed by atoms with van der Waals surface area (Å²) in [4.78, 5) is 21.9. The van der Waals surface area contributed by atoms with E-state index in [0.717, 1.165) is 37.8 Å². The Morgan fingerprint density at radius 2 is 1.35 bits per heavy atom. The molecule has 0 spiro atoms. The molecular formula is C16H24O4. The van der Waals surface area contributed by atoms with Gasteiger partial charge in [-0.05, 0) is 25.2 Å². The maximum Gasteiger partial charge on any atom is 0.330 e. The van der Waals surface area contributed by atoms with Crippen molar-refractivity contribution >= 4 is 11.9 Å². The number of esters is 2. The second-order valence-corrected chi connectivity index (χ2v) is 4.30. The summed E-state index contributed by atoms with van der Waals surface area (Å²) in [5.74, 6) is 0.396. The van der Waals surface area contributed by atoms with Crippen LogP contribution in [0.5, 0.6) is 0 Å². The molecule has 0 saturated carbocycles. The van der Waals surface area contributed by atoms with E-state index in [4.69, 9.17) is 9.47 Å². The maximum absolute atomic E-state index is 11.0. The van der Waals surface area contributed by atoms with Gasteiger partial charge in [-0.1, -0.05) is 39.3 Å². The molecule has 0 aromatic rings. The molecule has 0 rings (SSSR count). The SMILES string of the molecule is [CH2]CCCC[C](CCOC(=O)C=C)CCOC(=O)C=C. The molecule has 112 valence electrons. The van der Waals surface area contributed by atoms with Crippen LogP contribution < -0.4 is 0 Å². The molecule has 4 heteroatoms. The first-order chi connectivity index (χ1) is 9.63. The van der Waals surface area contributed by atoms with Crippen LogP contribution in [0.25, 0.3) is 0 Å². The van der Waals surface area contributed by atoms with Crippen LogP contribution >= 0.6 is 0 Å². The van der Waals surface area contributed by atoms with Gasteiger partial charge >= 0.3 is 11.9 Å². The lowest BCUT2D eigenvalue weighted by atomic mass is 9.95. The Labute approximate surface area is 121 Å². The van der Waals surface area contributed by atoms with Crippen molar-refractivity contribution in [2.75, 3.05) is 13.2 Å². The first-order valence-corrected chi connectivity index (χ1v) is 6.85. The Hall–Kier alpha value is -1.58. The molecule has 0 heterocycles. The second kappa shape index (κ2) is 12.5. The van der Waals surface area contributed by atoms with Crippen LogP contribution in [0.3, 0.4) is 0 Å². The third kappa shape index (κ3) is 10.4. The Morgan fingerprint density at radius 1 is 0.850 bits per heavy atom. The molecule has 0 aromatic heterocycles. The Kier molecular flexibility index (Phi) is 11.5. The number of ether oxygens (including phenoxy) is 2. The van der Waals surface area contributed by atoms with E-state index in [-0.39, 0.29) is 0 Å². The van der Waals surface area contributed by atoms with Crippen molar-refractivity contribution in [1.82, 2.24) is 0 Å². The zero-order valence-electron chi connectivity index (χ0n) is 12.1. The predicted molar refractivity (Wildman–Crippen MR) is 78.6 cm³/mol. The van der Waals surface area contributed by atoms with E-state index in [2.05, 4.69) is 20.1 Å². The largest absolute Gasteiger partial charge is 0.463 e. The Balaban J connectivity index is 3.98. The molecule has 0 aromatic carbocycles. The van der Waals surface area contributed by atoms with E-state index in [0.29, 0.717) is 26.1 Å². The molecule has 0 atom stereocenters.